The topological polar surface area (TPSA) is 77.5 Å². The Morgan fingerprint density at radius 1 is 0.853 bits per heavy atom. The number of Topliss-reactive ketones (excluding diaryl/α,β-unsaturated/α-hetero) is 3. The summed E-state index contributed by atoms with van der Waals surface area (Å²) in [5, 5.41) is 0. The summed E-state index contributed by atoms with van der Waals surface area (Å²) < 4.78 is 33.4. The number of unbranched alkanes of at least 4 members (excludes halogenated alkanes) is 8. The fourth-order valence-corrected chi connectivity index (χ4v) is 4.65. The van der Waals surface area contributed by atoms with Gasteiger partial charge in [0.25, 0.3) is 0 Å². The molecule has 0 heterocycles. The molecule has 34 heavy (non-hydrogen) atoms. The van der Waals surface area contributed by atoms with Crippen molar-refractivity contribution in [3.63, 3.8) is 0 Å². The van der Waals surface area contributed by atoms with Gasteiger partial charge in [0.2, 0.25) is 5.78 Å². The molecule has 0 bridgehead atoms. The lowest BCUT2D eigenvalue weighted by Crippen LogP contribution is -2.30. The van der Waals surface area contributed by atoms with Crippen LogP contribution in [0.1, 0.15) is 124 Å². The summed E-state index contributed by atoms with van der Waals surface area (Å²) in [6.07, 6.45) is 8.22. The number of rotatable bonds is 19. The van der Waals surface area contributed by atoms with E-state index in [-0.39, 0.29) is 42.9 Å². The maximum absolute atomic E-state index is 14.1. The first-order valence-electron chi connectivity index (χ1n) is 13.2. The molecule has 0 aromatic heterocycles. The highest BCUT2D eigenvalue weighted by molar-refractivity contribution is 6.08. The van der Waals surface area contributed by atoms with Crippen molar-refractivity contribution in [2.45, 2.75) is 136 Å². The van der Waals surface area contributed by atoms with Crippen LogP contribution in [0, 0.1) is 11.8 Å². The first-order valence-corrected chi connectivity index (χ1v) is 13.2. The van der Waals surface area contributed by atoms with Crippen molar-refractivity contribution in [1.29, 1.82) is 0 Å². The van der Waals surface area contributed by atoms with Crippen LogP contribution in [0.25, 0.3) is 0 Å². The molecule has 0 radical (unpaired) electrons. The monoisotopic (exact) mass is 486 g/mol. The highest BCUT2D eigenvalue weighted by atomic mass is 19.3. The highest BCUT2D eigenvalue weighted by Gasteiger charge is 2.43. The van der Waals surface area contributed by atoms with Crippen molar-refractivity contribution in [2.24, 2.45) is 11.8 Å². The van der Waals surface area contributed by atoms with Gasteiger partial charge < -0.3 is 4.74 Å². The van der Waals surface area contributed by atoms with E-state index in [4.69, 9.17) is 4.74 Å². The van der Waals surface area contributed by atoms with Gasteiger partial charge in [-0.05, 0) is 39.5 Å². The predicted molar refractivity (Wildman–Crippen MR) is 128 cm³/mol. The molecular weight excluding hydrogens is 442 g/mol. The van der Waals surface area contributed by atoms with Crippen LogP contribution in [0.5, 0.6) is 0 Å². The molecule has 1 fully saturated rings. The summed E-state index contributed by atoms with van der Waals surface area (Å²) in [5.41, 5.74) is 0. The Labute approximate surface area is 203 Å². The molecule has 0 aromatic carbocycles. The van der Waals surface area contributed by atoms with Gasteiger partial charge in [0.15, 0.2) is 0 Å². The Balaban J connectivity index is 2.31. The standard InChI is InChI=1S/C27H44F2O5/c1-4-5-6-13-18-27(28,29)25(32)17-16-22-21(23(30)19-24(22)31)14-11-9-7-8-10-12-15-26(33)34-20(2)3/h20-22H,4-19H2,1-3H3/t21?,22-/m1/s1. The van der Waals surface area contributed by atoms with E-state index < -0.39 is 30.0 Å². The number of hydrogen-bond donors (Lipinski definition) is 0. The molecule has 1 rings (SSSR count). The maximum Gasteiger partial charge on any atom is 0.306 e. The second-order valence-electron chi connectivity index (χ2n) is 10.00. The first-order chi connectivity index (χ1) is 16.1. The lowest BCUT2D eigenvalue weighted by Gasteiger charge is -2.19. The quantitative estimate of drug-likeness (QED) is 0.114. The van der Waals surface area contributed by atoms with Crippen LogP contribution < -0.4 is 0 Å². The smallest absolute Gasteiger partial charge is 0.306 e. The summed E-state index contributed by atoms with van der Waals surface area (Å²) in [6.45, 7) is 5.65. The Morgan fingerprint density at radius 2 is 1.41 bits per heavy atom. The third kappa shape index (κ3) is 11.7. The largest absolute Gasteiger partial charge is 0.463 e. The molecule has 0 aliphatic heterocycles. The fraction of sp³-hybridized carbons (Fsp3) is 0.852. The maximum atomic E-state index is 14.1. The number of carbonyl (C=O) groups excluding carboxylic acids is 4. The van der Waals surface area contributed by atoms with Gasteiger partial charge in [-0.2, -0.15) is 8.78 Å². The summed E-state index contributed by atoms with van der Waals surface area (Å²) in [6, 6.07) is 0. The summed E-state index contributed by atoms with van der Waals surface area (Å²) in [5.74, 6) is -5.98. The molecule has 2 atom stereocenters. The van der Waals surface area contributed by atoms with Gasteiger partial charge in [-0.15, -0.1) is 0 Å². The van der Waals surface area contributed by atoms with Crippen molar-refractivity contribution in [1.82, 2.24) is 0 Å². The van der Waals surface area contributed by atoms with Gasteiger partial charge >= 0.3 is 11.9 Å². The number of ketones is 3. The van der Waals surface area contributed by atoms with Gasteiger partial charge in [-0.3, -0.25) is 19.2 Å². The third-order valence-corrected chi connectivity index (χ3v) is 6.61. The number of esters is 1. The molecule has 0 aromatic rings. The van der Waals surface area contributed by atoms with Crippen LogP contribution in [0.4, 0.5) is 8.78 Å². The van der Waals surface area contributed by atoms with Gasteiger partial charge in [0.1, 0.15) is 11.6 Å². The van der Waals surface area contributed by atoms with Crippen LogP contribution >= 0.6 is 0 Å². The van der Waals surface area contributed by atoms with E-state index in [9.17, 15) is 28.0 Å². The van der Waals surface area contributed by atoms with E-state index in [1.807, 2.05) is 20.8 Å². The normalized spacial score (nSPS) is 18.6. The third-order valence-electron chi connectivity index (χ3n) is 6.61. The Hall–Kier alpha value is -1.66. The molecule has 1 saturated carbocycles. The van der Waals surface area contributed by atoms with Crippen molar-refractivity contribution in [3.05, 3.63) is 0 Å². The molecule has 196 valence electrons. The summed E-state index contributed by atoms with van der Waals surface area (Å²) in [7, 11) is 0. The van der Waals surface area contributed by atoms with Crippen molar-refractivity contribution >= 4 is 23.3 Å². The lowest BCUT2D eigenvalue weighted by molar-refractivity contribution is -0.147. The van der Waals surface area contributed by atoms with E-state index in [1.54, 1.807) is 0 Å². The number of alkyl halides is 2. The molecule has 0 N–H and O–H groups in total. The molecule has 7 heteroatoms. The minimum atomic E-state index is -3.35. The SMILES string of the molecule is CCCCCCC(F)(F)C(=O)CC[C@H]1C(=O)CC(=O)C1CCCCCCCCC(=O)OC(C)C. The molecule has 1 aliphatic rings. The molecule has 0 amide bonds. The van der Waals surface area contributed by atoms with Crippen LogP contribution in [0.3, 0.4) is 0 Å². The fourth-order valence-electron chi connectivity index (χ4n) is 4.65. The minimum absolute atomic E-state index is 0.0467. The lowest BCUT2D eigenvalue weighted by atomic mass is 9.85. The average Bonchev–Trinajstić information content (AvgIpc) is 3.02. The molecule has 1 aliphatic carbocycles. The number of carbonyl (C=O) groups is 4. The second kappa shape index (κ2) is 16.1. The van der Waals surface area contributed by atoms with Crippen LogP contribution in [0.15, 0.2) is 0 Å². The van der Waals surface area contributed by atoms with Crippen LogP contribution in [-0.2, 0) is 23.9 Å². The van der Waals surface area contributed by atoms with Crippen molar-refractivity contribution < 1.29 is 32.7 Å². The van der Waals surface area contributed by atoms with E-state index in [0.717, 1.165) is 51.4 Å². The molecule has 0 spiro atoms. The van der Waals surface area contributed by atoms with Gasteiger partial charge in [-0.1, -0.05) is 58.3 Å². The zero-order chi connectivity index (χ0) is 25.6. The van der Waals surface area contributed by atoms with Gasteiger partial charge in [-0.25, -0.2) is 0 Å². The van der Waals surface area contributed by atoms with Crippen molar-refractivity contribution in [2.75, 3.05) is 0 Å². The zero-order valence-electron chi connectivity index (χ0n) is 21.3. The molecule has 5 nitrogen and oxygen atoms in total. The Kier molecular flexibility index (Phi) is 14.4. The Bertz CT molecular complexity index is 659. The average molecular weight is 487 g/mol. The Morgan fingerprint density at radius 3 is 2.03 bits per heavy atom. The van der Waals surface area contributed by atoms with E-state index in [0.29, 0.717) is 25.7 Å². The number of halogens is 2. The number of ether oxygens (including phenoxy) is 1. The second-order valence-corrected chi connectivity index (χ2v) is 10.00. The van der Waals surface area contributed by atoms with E-state index >= 15 is 0 Å². The van der Waals surface area contributed by atoms with Crippen LogP contribution in [0.2, 0.25) is 0 Å². The molecule has 1 unspecified atom stereocenters. The first kappa shape index (κ1) is 30.4. The zero-order valence-corrected chi connectivity index (χ0v) is 21.3. The summed E-state index contributed by atoms with van der Waals surface area (Å²) in [4.78, 5) is 48.1. The van der Waals surface area contributed by atoms with Gasteiger partial charge in [0, 0.05) is 31.1 Å². The van der Waals surface area contributed by atoms with Crippen molar-refractivity contribution in [3.8, 4) is 0 Å². The van der Waals surface area contributed by atoms with E-state index in [1.165, 1.54) is 0 Å². The molecule has 0 saturated heterocycles. The van der Waals surface area contributed by atoms with Crippen LogP contribution in [-0.4, -0.2) is 35.3 Å². The van der Waals surface area contributed by atoms with Gasteiger partial charge in [0.05, 0.1) is 12.5 Å². The minimum Gasteiger partial charge on any atom is -0.463 e. The predicted octanol–water partition coefficient (Wildman–Crippen LogP) is 6.79. The summed E-state index contributed by atoms with van der Waals surface area (Å²) >= 11 is 0. The highest BCUT2D eigenvalue weighted by Crippen LogP contribution is 2.35. The molecular formula is C27H44F2O5. The van der Waals surface area contributed by atoms with E-state index in [2.05, 4.69) is 0 Å². The number of hydrogen-bond acceptors (Lipinski definition) is 5.